The first-order valence-electron chi connectivity index (χ1n) is 2.08. The molecule has 0 spiro atoms. The Morgan fingerprint density at radius 1 is 1.75 bits per heavy atom. The summed E-state index contributed by atoms with van der Waals surface area (Å²) < 4.78 is 0.407. The maximum absolute atomic E-state index is 9.93. The predicted molar refractivity (Wildman–Crippen MR) is 31.4 cm³/mol. The average molecular weight is 173 g/mol. The Kier molecular flexibility index (Phi) is 1.49. The van der Waals surface area contributed by atoms with Gasteiger partial charge in [0.25, 0.3) is 0 Å². The Balaban J connectivity index is 2.64. The van der Waals surface area contributed by atoms with Gasteiger partial charge in [0.1, 0.15) is 0 Å². The third-order valence-corrected chi connectivity index (χ3v) is 2.88. The van der Waals surface area contributed by atoms with Crippen LogP contribution in [0.15, 0.2) is 21.5 Å². The summed E-state index contributed by atoms with van der Waals surface area (Å²) in [6, 6.07) is 0. The van der Waals surface area contributed by atoms with Gasteiger partial charge in [-0.15, -0.1) is 0 Å². The van der Waals surface area contributed by atoms with Crippen molar-refractivity contribution >= 4 is 15.8 Å². The molecule has 3 nitrogen and oxygen atoms in total. The van der Waals surface area contributed by atoms with E-state index in [1.165, 1.54) is 0 Å². The quantitative estimate of drug-likeness (QED) is 0.320. The van der Waals surface area contributed by atoms with E-state index in [9.17, 15) is 10.1 Å². The molecule has 1 aliphatic rings. The van der Waals surface area contributed by atoms with Gasteiger partial charge in [-0.1, -0.05) is 0 Å². The number of nitro groups is 1. The van der Waals surface area contributed by atoms with Crippen LogP contribution in [0.4, 0.5) is 0 Å². The van der Waals surface area contributed by atoms with Crippen molar-refractivity contribution in [3.05, 3.63) is 31.6 Å². The fourth-order valence-electron chi connectivity index (χ4n) is 0.434. The first-order valence-corrected chi connectivity index (χ1v) is 4.34. The number of allylic oxidation sites excluding steroid dienone is 2. The normalized spacial score (nSPS) is 19.2. The molecule has 4 heteroatoms. The molecule has 1 aliphatic heterocycles. The van der Waals surface area contributed by atoms with Gasteiger partial charge in [0.05, 0.1) is 0 Å². The van der Waals surface area contributed by atoms with Crippen LogP contribution in [0.2, 0.25) is 0 Å². The first-order chi connectivity index (χ1) is 3.80. The zero-order valence-electron chi connectivity index (χ0n) is 4.00. The molecule has 0 radical (unpaired) electrons. The zero-order valence-corrected chi connectivity index (χ0v) is 6.09. The molecule has 0 bridgehead atoms. The van der Waals surface area contributed by atoms with Crippen LogP contribution in [0.5, 0.6) is 0 Å². The molecule has 0 aliphatic carbocycles. The summed E-state index contributed by atoms with van der Waals surface area (Å²) in [6.45, 7) is 0. The number of hydrogen-bond donors (Lipinski definition) is 0. The van der Waals surface area contributed by atoms with Gasteiger partial charge in [0.2, 0.25) is 0 Å². The van der Waals surface area contributed by atoms with Crippen molar-refractivity contribution in [3.8, 4) is 0 Å². The van der Waals surface area contributed by atoms with Gasteiger partial charge in [-0.25, -0.2) is 0 Å². The van der Waals surface area contributed by atoms with Gasteiger partial charge in [-0.3, -0.25) is 0 Å². The van der Waals surface area contributed by atoms with Gasteiger partial charge in [-0.05, 0) is 0 Å². The second kappa shape index (κ2) is 2.14. The molecule has 0 saturated heterocycles. The van der Waals surface area contributed by atoms with Gasteiger partial charge in [0, 0.05) is 0 Å². The molecule has 0 aromatic rings. The van der Waals surface area contributed by atoms with E-state index in [2.05, 4.69) is 0 Å². The van der Waals surface area contributed by atoms with Crippen molar-refractivity contribution in [1.82, 2.24) is 0 Å². The van der Waals surface area contributed by atoms with Crippen LogP contribution in [-0.2, 0) is 0 Å². The topological polar surface area (TPSA) is 43.1 Å². The summed E-state index contributed by atoms with van der Waals surface area (Å²) in [7, 11) is 0. The van der Waals surface area contributed by atoms with E-state index in [1.54, 1.807) is 12.2 Å². The SMILES string of the molecule is O=[N+]([O-])C1=CC=C[AsH]1. The molecule has 1 atom stereocenters. The number of nitrogens with zero attached hydrogens (tertiary/aromatic N) is 1. The van der Waals surface area contributed by atoms with Gasteiger partial charge >= 0.3 is 52.3 Å². The van der Waals surface area contributed by atoms with Crippen molar-refractivity contribution in [2.24, 2.45) is 0 Å². The van der Waals surface area contributed by atoms with Crippen molar-refractivity contribution in [2.75, 3.05) is 0 Å². The Hall–Kier alpha value is -0.562. The summed E-state index contributed by atoms with van der Waals surface area (Å²) in [5, 5.41) is 9.93. The zero-order chi connectivity index (χ0) is 5.98. The predicted octanol–water partition coefficient (Wildman–Crippen LogP) is 0.0683. The molecule has 0 saturated carbocycles. The van der Waals surface area contributed by atoms with Crippen molar-refractivity contribution < 1.29 is 4.92 Å². The van der Waals surface area contributed by atoms with Crippen LogP contribution in [0.3, 0.4) is 0 Å². The molecule has 8 heavy (non-hydrogen) atoms. The van der Waals surface area contributed by atoms with E-state index in [4.69, 9.17) is 0 Å². The van der Waals surface area contributed by atoms with Crippen LogP contribution in [0, 0.1) is 10.1 Å². The standard InChI is InChI=1S/C4H4AsNO2/c7-6(8)4-2-1-3-5-4/h1-3,5H. The van der Waals surface area contributed by atoms with Crippen LogP contribution in [0.1, 0.15) is 0 Å². The molecule has 1 unspecified atom stereocenters. The van der Waals surface area contributed by atoms with Crippen molar-refractivity contribution in [1.29, 1.82) is 0 Å². The van der Waals surface area contributed by atoms with Crippen LogP contribution in [-0.4, -0.2) is 20.7 Å². The summed E-state index contributed by atoms with van der Waals surface area (Å²) >= 11 is -0.500. The third-order valence-electron chi connectivity index (χ3n) is 0.778. The maximum atomic E-state index is 9.93. The molecular weight excluding hydrogens is 169 g/mol. The third kappa shape index (κ3) is 0.983. The summed E-state index contributed by atoms with van der Waals surface area (Å²) in [5.41, 5.74) is 0. The molecule has 0 aromatic carbocycles. The monoisotopic (exact) mass is 173 g/mol. The Labute approximate surface area is 52.9 Å². The minimum atomic E-state index is -0.500. The molecule has 0 fully saturated rings. The molecule has 1 rings (SSSR count). The van der Waals surface area contributed by atoms with Crippen LogP contribution in [0.25, 0.3) is 0 Å². The Morgan fingerprint density at radius 3 is 2.75 bits per heavy atom. The Bertz CT molecular complexity index is 173. The Morgan fingerprint density at radius 2 is 2.50 bits per heavy atom. The fourth-order valence-corrected chi connectivity index (χ4v) is 1.82. The molecular formula is C4H4AsNO2. The van der Waals surface area contributed by atoms with Crippen LogP contribution >= 0.6 is 0 Å². The molecule has 0 N–H and O–H groups in total. The van der Waals surface area contributed by atoms with E-state index in [0.717, 1.165) is 0 Å². The summed E-state index contributed by atoms with van der Waals surface area (Å²) in [6.07, 6.45) is 3.32. The van der Waals surface area contributed by atoms with Gasteiger partial charge < -0.3 is 0 Å². The summed E-state index contributed by atoms with van der Waals surface area (Å²) in [4.78, 5) is 11.5. The van der Waals surface area contributed by atoms with Gasteiger partial charge in [-0.2, -0.15) is 0 Å². The molecule has 42 valence electrons. The van der Waals surface area contributed by atoms with E-state index < -0.39 is 15.8 Å². The van der Waals surface area contributed by atoms with E-state index in [1.807, 2.05) is 4.86 Å². The molecule has 0 aromatic heterocycles. The van der Waals surface area contributed by atoms with Crippen molar-refractivity contribution in [3.63, 3.8) is 0 Å². The van der Waals surface area contributed by atoms with Crippen LogP contribution < -0.4 is 0 Å². The number of hydrogen-bond acceptors (Lipinski definition) is 2. The average Bonchev–Trinajstić information content (AvgIpc) is 2.12. The van der Waals surface area contributed by atoms with E-state index in [0.29, 0.717) is 4.48 Å². The fraction of sp³-hybridized carbons (Fsp3) is 0. The minimum absolute atomic E-state index is 0.306. The van der Waals surface area contributed by atoms with E-state index >= 15 is 0 Å². The summed E-state index contributed by atoms with van der Waals surface area (Å²) in [5.74, 6) is 0. The molecule has 1 heterocycles. The van der Waals surface area contributed by atoms with Crippen molar-refractivity contribution in [2.45, 2.75) is 0 Å². The number of rotatable bonds is 1. The first kappa shape index (κ1) is 5.57. The van der Waals surface area contributed by atoms with Gasteiger partial charge in [0.15, 0.2) is 0 Å². The second-order valence-electron chi connectivity index (χ2n) is 1.31. The van der Waals surface area contributed by atoms with E-state index in [-0.39, 0.29) is 4.92 Å². The second-order valence-corrected chi connectivity index (χ2v) is 3.69. The molecule has 0 amide bonds.